The number of hydrogen-bond acceptors (Lipinski definition) is 4. The minimum Gasteiger partial charge on any atom is -0.422 e. The van der Waals surface area contributed by atoms with E-state index in [1.54, 1.807) is 18.3 Å². The molecule has 0 radical (unpaired) electrons. The molecular weight excluding hydrogens is 292 g/mol. The summed E-state index contributed by atoms with van der Waals surface area (Å²) in [5.41, 5.74) is 0.653. The number of carbonyl (C=O) groups is 1. The van der Waals surface area contributed by atoms with Crippen LogP contribution in [0.15, 0.2) is 45.9 Å². The molecule has 1 amide bonds. The number of fused-ring (bicyclic) bond motifs is 3. The molecule has 3 rings (SSSR count). The SMILES string of the molecule is CCCC(C)C(=O)Nc1ccc2c(c1)oc(=O)c1cnccc12. The quantitative estimate of drug-likeness (QED) is 0.589. The highest BCUT2D eigenvalue weighted by Crippen LogP contribution is 2.25. The highest BCUT2D eigenvalue weighted by Gasteiger charge is 2.13. The lowest BCUT2D eigenvalue weighted by Crippen LogP contribution is -2.20. The summed E-state index contributed by atoms with van der Waals surface area (Å²) >= 11 is 0. The first-order chi connectivity index (χ1) is 11.1. The van der Waals surface area contributed by atoms with Crippen LogP contribution in [0, 0.1) is 5.92 Å². The van der Waals surface area contributed by atoms with Crippen LogP contribution in [-0.2, 0) is 4.79 Å². The van der Waals surface area contributed by atoms with E-state index in [1.165, 1.54) is 6.20 Å². The van der Waals surface area contributed by atoms with Crippen molar-refractivity contribution in [2.24, 2.45) is 5.92 Å². The van der Waals surface area contributed by atoms with Gasteiger partial charge in [-0.1, -0.05) is 20.3 Å². The fourth-order valence-electron chi connectivity index (χ4n) is 2.68. The monoisotopic (exact) mass is 310 g/mol. The van der Waals surface area contributed by atoms with E-state index < -0.39 is 5.63 Å². The zero-order chi connectivity index (χ0) is 16.4. The lowest BCUT2D eigenvalue weighted by Gasteiger charge is -2.11. The molecule has 23 heavy (non-hydrogen) atoms. The largest absolute Gasteiger partial charge is 0.422 e. The molecule has 0 spiro atoms. The minimum absolute atomic E-state index is 0.0291. The third-order valence-electron chi connectivity index (χ3n) is 3.95. The van der Waals surface area contributed by atoms with E-state index >= 15 is 0 Å². The summed E-state index contributed by atoms with van der Waals surface area (Å²) in [6, 6.07) is 7.14. The molecule has 0 aliphatic heterocycles. The number of anilines is 1. The number of aromatic nitrogens is 1. The molecule has 5 heteroatoms. The molecule has 3 aromatic rings. The Kier molecular flexibility index (Phi) is 4.10. The number of carbonyl (C=O) groups excluding carboxylic acids is 1. The van der Waals surface area contributed by atoms with Crippen LogP contribution in [0.5, 0.6) is 0 Å². The zero-order valence-corrected chi connectivity index (χ0v) is 13.1. The highest BCUT2D eigenvalue weighted by atomic mass is 16.4. The van der Waals surface area contributed by atoms with E-state index in [1.807, 2.05) is 19.1 Å². The molecule has 0 aliphatic rings. The van der Waals surface area contributed by atoms with Gasteiger partial charge in [-0.05, 0) is 24.6 Å². The normalized spacial score (nSPS) is 12.4. The topological polar surface area (TPSA) is 72.2 Å². The first-order valence-corrected chi connectivity index (χ1v) is 7.71. The van der Waals surface area contributed by atoms with Crippen molar-refractivity contribution in [3.05, 3.63) is 47.1 Å². The van der Waals surface area contributed by atoms with Gasteiger partial charge in [0.05, 0.1) is 5.39 Å². The number of pyridine rings is 1. The smallest absolute Gasteiger partial charge is 0.345 e. The van der Waals surface area contributed by atoms with Crippen molar-refractivity contribution < 1.29 is 9.21 Å². The molecule has 0 aliphatic carbocycles. The van der Waals surface area contributed by atoms with E-state index in [2.05, 4.69) is 17.2 Å². The first-order valence-electron chi connectivity index (χ1n) is 7.71. The second kappa shape index (κ2) is 6.20. The molecule has 0 saturated carbocycles. The van der Waals surface area contributed by atoms with Gasteiger partial charge in [-0.25, -0.2) is 4.79 Å². The van der Waals surface area contributed by atoms with Crippen molar-refractivity contribution >= 4 is 33.3 Å². The van der Waals surface area contributed by atoms with Crippen LogP contribution in [0.2, 0.25) is 0 Å². The summed E-state index contributed by atoms with van der Waals surface area (Å²) in [5.74, 6) is -0.0797. The second-order valence-corrected chi connectivity index (χ2v) is 5.70. The molecule has 2 aromatic heterocycles. The summed E-state index contributed by atoms with van der Waals surface area (Å²) in [6.45, 7) is 3.95. The molecule has 1 unspecified atom stereocenters. The fraction of sp³-hybridized carbons (Fsp3) is 0.278. The van der Waals surface area contributed by atoms with E-state index in [0.29, 0.717) is 16.7 Å². The third-order valence-corrected chi connectivity index (χ3v) is 3.95. The molecule has 1 N–H and O–H groups in total. The number of benzene rings is 1. The van der Waals surface area contributed by atoms with Gasteiger partial charge in [-0.3, -0.25) is 9.78 Å². The van der Waals surface area contributed by atoms with Crippen molar-refractivity contribution in [3.8, 4) is 0 Å². The molecule has 1 atom stereocenters. The summed E-state index contributed by atoms with van der Waals surface area (Å²) < 4.78 is 5.36. The van der Waals surface area contributed by atoms with Crippen LogP contribution < -0.4 is 10.9 Å². The van der Waals surface area contributed by atoms with Gasteiger partial charge in [0.1, 0.15) is 5.58 Å². The number of amides is 1. The van der Waals surface area contributed by atoms with Crippen LogP contribution in [0.3, 0.4) is 0 Å². The lowest BCUT2D eigenvalue weighted by atomic mass is 10.1. The maximum Gasteiger partial charge on any atom is 0.345 e. The van der Waals surface area contributed by atoms with Crippen molar-refractivity contribution in [1.82, 2.24) is 4.98 Å². The average molecular weight is 310 g/mol. The molecule has 0 bridgehead atoms. The van der Waals surface area contributed by atoms with E-state index in [0.717, 1.165) is 23.6 Å². The van der Waals surface area contributed by atoms with Crippen LogP contribution >= 0.6 is 0 Å². The van der Waals surface area contributed by atoms with Crippen LogP contribution in [0.1, 0.15) is 26.7 Å². The zero-order valence-electron chi connectivity index (χ0n) is 13.1. The van der Waals surface area contributed by atoms with E-state index in [9.17, 15) is 9.59 Å². The second-order valence-electron chi connectivity index (χ2n) is 5.70. The molecule has 0 saturated heterocycles. The Morgan fingerprint density at radius 3 is 2.87 bits per heavy atom. The Bertz CT molecular complexity index is 930. The van der Waals surface area contributed by atoms with Gasteiger partial charge in [0.15, 0.2) is 0 Å². The third kappa shape index (κ3) is 2.95. The summed E-state index contributed by atoms with van der Waals surface area (Å²) in [4.78, 5) is 28.1. The molecule has 0 fully saturated rings. The van der Waals surface area contributed by atoms with Crippen molar-refractivity contribution in [1.29, 1.82) is 0 Å². The minimum atomic E-state index is -0.427. The molecule has 2 heterocycles. The number of hydrogen-bond donors (Lipinski definition) is 1. The van der Waals surface area contributed by atoms with E-state index in [4.69, 9.17) is 4.42 Å². The van der Waals surface area contributed by atoms with Gasteiger partial charge < -0.3 is 9.73 Å². The van der Waals surface area contributed by atoms with Gasteiger partial charge in [0, 0.05) is 40.8 Å². The number of nitrogens with zero attached hydrogens (tertiary/aromatic N) is 1. The Labute approximate surface area is 133 Å². The Hall–Kier alpha value is -2.69. The lowest BCUT2D eigenvalue weighted by molar-refractivity contribution is -0.119. The van der Waals surface area contributed by atoms with Crippen molar-refractivity contribution in [2.75, 3.05) is 5.32 Å². The maximum absolute atomic E-state index is 12.1. The standard InChI is InChI=1S/C18H18N2O3/c1-3-4-11(2)17(21)20-12-5-6-14-13-7-8-19-10-15(13)18(22)23-16(14)9-12/h5-11H,3-4H2,1-2H3,(H,20,21). The summed E-state index contributed by atoms with van der Waals surface area (Å²) in [7, 11) is 0. The van der Waals surface area contributed by atoms with E-state index in [-0.39, 0.29) is 11.8 Å². The first kappa shape index (κ1) is 15.2. The summed E-state index contributed by atoms with van der Waals surface area (Å²) in [5, 5.41) is 4.94. The molecule has 118 valence electrons. The fourth-order valence-corrected chi connectivity index (χ4v) is 2.68. The molecule has 5 nitrogen and oxygen atoms in total. The Morgan fingerprint density at radius 2 is 2.09 bits per heavy atom. The molecular formula is C18H18N2O3. The van der Waals surface area contributed by atoms with Gasteiger partial charge in [0.2, 0.25) is 5.91 Å². The van der Waals surface area contributed by atoms with Gasteiger partial charge >= 0.3 is 5.63 Å². The molecule has 1 aromatic carbocycles. The predicted octanol–water partition coefficient (Wildman–Crippen LogP) is 3.72. The number of rotatable bonds is 4. The van der Waals surface area contributed by atoms with Gasteiger partial charge in [-0.15, -0.1) is 0 Å². The average Bonchev–Trinajstić information content (AvgIpc) is 2.55. The van der Waals surface area contributed by atoms with Crippen LogP contribution in [0.25, 0.3) is 21.7 Å². The van der Waals surface area contributed by atoms with Gasteiger partial charge in [0.25, 0.3) is 0 Å². The van der Waals surface area contributed by atoms with Crippen molar-refractivity contribution in [2.45, 2.75) is 26.7 Å². The van der Waals surface area contributed by atoms with Crippen LogP contribution in [-0.4, -0.2) is 10.9 Å². The number of nitrogens with one attached hydrogen (secondary N) is 1. The Morgan fingerprint density at radius 1 is 1.26 bits per heavy atom. The summed E-state index contributed by atoms with van der Waals surface area (Å²) in [6.07, 6.45) is 4.94. The Balaban J connectivity index is 2.01. The maximum atomic E-state index is 12.1. The van der Waals surface area contributed by atoms with Gasteiger partial charge in [-0.2, -0.15) is 0 Å². The predicted molar refractivity (Wildman–Crippen MR) is 90.5 cm³/mol. The highest BCUT2D eigenvalue weighted by molar-refractivity contribution is 6.05. The van der Waals surface area contributed by atoms with Crippen LogP contribution in [0.4, 0.5) is 5.69 Å². The van der Waals surface area contributed by atoms with Crippen molar-refractivity contribution in [3.63, 3.8) is 0 Å².